The third-order valence-electron chi connectivity index (χ3n) is 1.87. The van der Waals surface area contributed by atoms with Crippen LogP contribution >= 0.6 is 0 Å². The molecule has 0 spiro atoms. The number of methoxy groups -OCH3 is 2. The molecular weight excluding hydrogens is 182 g/mol. The second-order valence-electron chi connectivity index (χ2n) is 2.64. The first-order valence-corrected chi connectivity index (χ1v) is 4.11. The van der Waals surface area contributed by atoms with Gasteiger partial charge < -0.3 is 14.6 Å². The Morgan fingerprint density at radius 1 is 1.36 bits per heavy atom. The van der Waals surface area contributed by atoms with Gasteiger partial charge in [-0.2, -0.15) is 0 Å². The van der Waals surface area contributed by atoms with Gasteiger partial charge in [-0.15, -0.1) is 6.58 Å². The van der Waals surface area contributed by atoms with Crippen molar-refractivity contribution in [3.63, 3.8) is 0 Å². The monoisotopic (exact) mass is 195 g/mol. The van der Waals surface area contributed by atoms with Gasteiger partial charge in [0.2, 0.25) is 0 Å². The number of aliphatic hydroxyl groups is 1. The van der Waals surface area contributed by atoms with E-state index in [9.17, 15) is 5.11 Å². The largest absolute Gasteiger partial charge is 0.495 e. The lowest BCUT2D eigenvalue weighted by Gasteiger charge is -2.14. The molecule has 0 amide bonds. The highest BCUT2D eigenvalue weighted by atomic mass is 16.5. The van der Waals surface area contributed by atoms with Crippen molar-refractivity contribution in [1.82, 2.24) is 4.98 Å². The summed E-state index contributed by atoms with van der Waals surface area (Å²) in [6.45, 7) is 3.51. The Morgan fingerprint density at radius 3 is 2.21 bits per heavy atom. The van der Waals surface area contributed by atoms with E-state index in [1.54, 1.807) is 0 Å². The normalized spacial score (nSPS) is 11.9. The zero-order valence-electron chi connectivity index (χ0n) is 8.23. The zero-order chi connectivity index (χ0) is 10.6. The first-order valence-electron chi connectivity index (χ1n) is 4.11. The van der Waals surface area contributed by atoms with E-state index in [-0.39, 0.29) is 0 Å². The topological polar surface area (TPSA) is 51.6 Å². The van der Waals surface area contributed by atoms with Crippen LogP contribution in [0.3, 0.4) is 0 Å². The molecule has 0 saturated carbocycles. The fourth-order valence-electron chi connectivity index (χ4n) is 1.17. The smallest absolute Gasteiger partial charge is 0.147 e. The van der Waals surface area contributed by atoms with Gasteiger partial charge in [0.25, 0.3) is 0 Å². The summed E-state index contributed by atoms with van der Waals surface area (Å²) >= 11 is 0. The zero-order valence-corrected chi connectivity index (χ0v) is 8.23. The molecule has 0 fully saturated rings. The minimum absolute atomic E-state index is 0.483. The highest BCUT2D eigenvalue weighted by Gasteiger charge is 2.16. The van der Waals surface area contributed by atoms with E-state index in [4.69, 9.17) is 9.47 Å². The standard InChI is InChI=1S/C10H13NO3/c1-4-7(12)10-8(13-2)5-11-6-9(10)14-3/h4-7,12H,1H2,2-3H3. The average molecular weight is 195 g/mol. The number of nitrogens with zero attached hydrogens (tertiary/aromatic N) is 1. The number of aliphatic hydroxyl groups excluding tert-OH is 1. The van der Waals surface area contributed by atoms with Gasteiger partial charge in [-0.05, 0) is 0 Å². The van der Waals surface area contributed by atoms with Crippen LogP contribution < -0.4 is 9.47 Å². The molecule has 0 aliphatic heterocycles. The Labute approximate surface area is 82.8 Å². The van der Waals surface area contributed by atoms with Crippen molar-refractivity contribution < 1.29 is 14.6 Å². The van der Waals surface area contributed by atoms with Gasteiger partial charge in [0.1, 0.15) is 17.6 Å². The average Bonchev–Trinajstić information content (AvgIpc) is 2.26. The lowest BCUT2D eigenvalue weighted by Crippen LogP contribution is -2.01. The molecule has 4 nitrogen and oxygen atoms in total. The third-order valence-corrected chi connectivity index (χ3v) is 1.87. The molecule has 1 heterocycles. The van der Waals surface area contributed by atoms with Crippen LogP contribution in [-0.2, 0) is 0 Å². The van der Waals surface area contributed by atoms with Crippen LogP contribution in [0.2, 0.25) is 0 Å². The second kappa shape index (κ2) is 4.62. The summed E-state index contributed by atoms with van der Waals surface area (Å²) in [4.78, 5) is 3.91. The SMILES string of the molecule is C=CC(O)c1c(OC)cncc1OC. The summed E-state index contributed by atoms with van der Waals surface area (Å²) in [5.41, 5.74) is 0.542. The van der Waals surface area contributed by atoms with Gasteiger partial charge in [0, 0.05) is 0 Å². The van der Waals surface area contributed by atoms with Crippen molar-refractivity contribution in [2.75, 3.05) is 14.2 Å². The number of aromatic nitrogens is 1. The summed E-state index contributed by atoms with van der Waals surface area (Å²) < 4.78 is 10.1. The van der Waals surface area contributed by atoms with Crippen LogP contribution in [0.4, 0.5) is 0 Å². The van der Waals surface area contributed by atoms with Crippen molar-refractivity contribution in [2.45, 2.75) is 6.10 Å². The molecule has 0 aromatic carbocycles. The van der Waals surface area contributed by atoms with Gasteiger partial charge >= 0.3 is 0 Å². The number of rotatable bonds is 4. The molecule has 1 aromatic rings. The predicted molar refractivity (Wildman–Crippen MR) is 52.5 cm³/mol. The quantitative estimate of drug-likeness (QED) is 0.736. The van der Waals surface area contributed by atoms with Crippen molar-refractivity contribution >= 4 is 0 Å². The highest BCUT2D eigenvalue weighted by molar-refractivity contribution is 5.44. The Bertz CT molecular complexity index is 303. The summed E-state index contributed by atoms with van der Waals surface area (Å²) in [5, 5.41) is 9.65. The number of hydrogen-bond donors (Lipinski definition) is 1. The molecule has 76 valence electrons. The Morgan fingerprint density at radius 2 is 1.86 bits per heavy atom. The van der Waals surface area contributed by atoms with Crippen molar-refractivity contribution in [2.24, 2.45) is 0 Å². The fraction of sp³-hybridized carbons (Fsp3) is 0.300. The molecule has 1 N–H and O–H groups in total. The van der Waals surface area contributed by atoms with Gasteiger partial charge in [0.15, 0.2) is 0 Å². The van der Waals surface area contributed by atoms with E-state index in [0.717, 1.165) is 0 Å². The number of pyridine rings is 1. The molecule has 4 heteroatoms. The van der Waals surface area contributed by atoms with Crippen LogP contribution in [-0.4, -0.2) is 24.3 Å². The Kier molecular flexibility index (Phi) is 3.48. The van der Waals surface area contributed by atoms with Crippen LogP contribution in [0.1, 0.15) is 11.7 Å². The molecular formula is C10H13NO3. The minimum atomic E-state index is -0.817. The van der Waals surface area contributed by atoms with Crippen LogP contribution in [0.25, 0.3) is 0 Å². The Hall–Kier alpha value is -1.55. The van der Waals surface area contributed by atoms with E-state index >= 15 is 0 Å². The van der Waals surface area contributed by atoms with E-state index < -0.39 is 6.10 Å². The van der Waals surface area contributed by atoms with Crippen molar-refractivity contribution in [1.29, 1.82) is 0 Å². The molecule has 0 bridgehead atoms. The molecule has 0 aliphatic carbocycles. The molecule has 0 saturated heterocycles. The van der Waals surface area contributed by atoms with Crippen LogP contribution in [0.5, 0.6) is 11.5 Å². The van der Waals surface area contributed by atoms with Gasteiger partial charge in [-0.25, -0.2) is 0 Å². The molecule has 1 rings (SSSR count). The van der Waals surface area contributed by atoms with E-state index in [2.05, 4.69) is 11.6 Å². The lowest BCUT2D eigenvalue weighted by atomic mass is 10.1. The molecule has 14 heavy (non-hydrogen) atoms. The van der Waals surface area contributed by atoms with E-state index in [1.807, 2.05) is 0 Å². The Balaban J connectivity index is 3.25. The summed E-state index contributed by atoms with van der Waals surface area (Å²) in [5.74, 6) is 0.966. The maximum Gasteiger partial charge on any atom is 0.147 e. The molecule has 1 aromatic heterocycles. The minimum Gasteiger partial charge on any atom is -0.495 e. The summed E-state index contributed by atoms with van der Waals surface area (Å²) in [6.07, 6.45) is 3.62. The highest BCUT2D eigenvalue weighted by Crippen LogP contribution is 2.33. The molecule has 0 aliphatic rings. The second-order valence-corrected chi connectivity index (χ2v) is 2.64. The third kappa shape index (κ3) is 1.85. The maximum atomic E-state index is 9.65. The summed E-state index contributed by atoms with van der Waals surface area (Å²) in [7, 11) is 3.02. The maximum absolute atomic E-state index is 9.65. The molecule has 1 unspecified atom stereocenters. The van der Waals surface area contributed by atoms with Gasteiger partial charge in [-0.1, -0.05) is 6.08 Å². The van der Waals surface area contributed by atoms with Crippen LogP contribution in [0.15, 0.2) is 25.0 Å². The van der Waals surface area contributed by atoms with Crippen LogP contribution in [0, 0.1) is 0 Å². The van der Waals surface area contributed by atoms with Gasteiger partial charge in [-0.3, -0.25) is 4.98 Å². The van der Waals surface area contributed by atoms with Gasteiger partial charge in [0.05, 0.1) is 32.2 Å². The number of hydrogen-bond acceptors (Lipinski definition) is 4. The first kappa shape index (κ1) is 10.5. The van der Waals surface area contributed by atoms with E-state index in [0.29, 0.717) is 17.1 Å². The van der Waals surface area contributed by atoms with Crippen molar-refractivity contribution in [3.8, 4) is 11.5 Å². The molecule has 1 atom stereocenters. The first-order chi connectivity index (χ1) is 6.74. The number of ether oxygens (including phenoxy) is 2. The molecule has 0 radical (unpaired) electrons. The predicted octanol–water partition coefficient (Wildman–Crippen LogP) is 1.32. The van der Waals surface area contributed by atoms with E-state index in [1.165, 1.54) is 32.7 Å². The fourth-order valence-corrected chi connectivity index (χ4v) is 1.17. The van der Waals surface area contributed by atoms with Crippen molar-refractivity contribution in [3.05, 3.63) is 30.6 Å². The lowest BCUT2D eigenvalue weighted by molar-refractivity contribution is 0.216. The summed E-state index contributed by atoms with van der Waals surface area (Å²) in [6, 6.07) is 0.